The SMILES string of the molecule is CC(C)Cn1cnc2cc(C(=O)N3CCCCC3CN)cnc21. The lowest BCUT2D eigenvalue weighted by Crippen LogP contribution is -2.47. The average molecular weight is 315 g/mol. The van der Waals surface area contributed by atoms with Crippen LogP contribution in [-0.2, 0) is 6.54 Å². The van der Waals surface area contributed by atoms with Gasteiger partial charge in [-0.15, -0.1) is 0 Å². The zero-order valence-corrected chi connectivity index (χ0v) is 13.9. The van der Waals surface area contributed by atoms with Gasteiger partial charge < -0.3 is 15.2 Å². The number of likely N-dealkylation sites (tertiary alicyclic amines) is 1. The van der Waals surface area contributed by atoms with Crippen LogP contribution in [0.3, 0.4) is 0 Å². The second-order valence-electron chi connectivity index (χ2n) is 6.74. The van der Waals surface area contributed by atoms with E-state index in [1.807, 2.05) is 15.5 Å². The van der Waals surface area contributed by atoms with E-state index in [0.717, 1.165) is 43.5 Å². The molecule has 0 aliphatic carbocycles. The lowest BCUT2D eigenvalue weighted by Gasteiger charge is -2.35. The maximum absolute atomic E-state index is 12.8. The first-order valence-electron chi connectivity index (χ1n) is 8.42. The molecule has 1 aliphatic rings. The first-order valence-corrected chi connectivity index (χ1v) is 8.42. The number of hydrogen-bond acceptors (Lipinski definition) is 4. The summed E-state index contributed by atoms with van der Waals surface area (Å²) in [4.78, 5) is 23.6. The number of piperidine rings is 1. The normalized spacial score (nSPS) is 18.8. The highest BCUT2D eigenvalue weighted by Gasteiger charge is 2.27. The summed E-state index contributed by atoms with van der Waals surface area (Å²) >= 11 is 0. The van der Waals surface area contributed by atoms with E-state index in [9.17, 15) is 4.79 Å². The Bertz CT molecular complexity index is 693. The van der Waals surface area contributed by atoms with Crippen molar-refractivity contribution in [2.24, 2.45) is 11.7 Å². The minimum absolute atomic E-state index is 0.0213. The third-order valence-corrected chi connectivity index (χ3v) is 4.42. The summed E-state index contributed by atoms with van der Waals surface area (Å²) in [5, 5.41) is 0. The summed E-state index contributed by atoms with van der Waals surface area (Å²) in [6, 6.07) is 1.99. The fourth-order valence-electron chi connectivity index (χ4n) is 3.27. The molecule has 3 heterocycles. The van der Waals surface area contributed by atoms with Crippen molar-refractivity contribution >= 4 is 17.1 Å². The first kappa shape index (κ1) is 15.9. The molecule has 1 amide bonds. The third-order valence-electron chi connectivity index (χ3n) is 4.42. The molecular weight excluding hydrogens is 290 g/mol. The fraction of sp³-hybridized carbons (Fsp3) is 0.588. The maximum atomic E-state index is 12.8. The van der Waals surface area contributed by atoms with Crippen molar-refractivity contribution in [1.29, 1.82) is 0 Å². The van der Waals surface area contributed by atoms with Crippen molar-refractivity contribution in [1.82, 2.24) is 19.4 Å². The molecule has 2 N–H and O–H groups in total. The quantitative estimate of drug-likeness (QED) is 0.936. The molecular formula is C17H25N5O. The monoisotopic (exact) mass is 315 g/mol. The molecule has 1 atom stereocenters. The molecule has 6 nitrogen and oxygen atoms in total. The van der Waals surface area contributed by atoms with E-state index in [1.165, 1.54) is 0 Å². The van der Waals surface area contributed by atoms with E-state index in [4.69, 9.17) is 5.73 Å². The van der Waals surface area contributed by atoms with Crippen molar-refractivity contribution < 1.29 is 4.79 Å². The highest BCUT2D eigenvalue weighted by molar-refractivity contribution is 5.96. The van der Waals surface area contributed by atoms with E-state index in [-0.39, 0.29) is 11.9 Å². The molecule has 23 heavy (non-hydrogen) atoms. The number of amides is 1. The van der Waals surface area contributed by atoms with E-state index < -0.39 is 0 Å². The van der Waals surface area contributed by atoms with Gasteiger partial charge in [-0.3, -0.25) is 4.79 Å². The number of pyridine rings is 1. The van der Waals surface area contributed by atoms with Crippen LogP contribution in [0.15, 0.2) is 18.6 Å². The second kappa shape index (κ2) is 6.66. The Hall–Kier alpha value is -1.95. The van der Waals surface area contributed by atoms with Crippen molar-refractivity contribution in [3.63, 3.8) is 0 Å². The number of fused-ring (bicyclic) bond motifs is 1. The molecule has 1 fully saturated rings. The van der Waals surface area contributed by atoms with Gasteiger partial charge >= 0.3 is 0 Å². The smallest absolute Gasteiger partial charge is 0.255 e. The highest BCUT2D eigenvalue weighted by Crippen LogP contribution is 2.20. The van der Waals surface area contributed by atoms with Gasteiger partial charge in [0.1, 0.15) is 5.52 Å². The average Bonchev–Trinajstić information content (AvgIpc) is 2.95. The summed E-state index contributed by atoms with van der Waals surface area (Å²) < 4.78 is 2.04. The Balaban J connectivity index is 1.86. The van der Waals surface area contributed by atoms with Crippen LogP contribution in [0.5, 0.6) is 0 Å². The number of nitrogens with two attached hydrogens (primary N) is 1. The molecule has 1 saturated heterocycles. The van der Waals surface area contributed by atoms with Crippen LogP contribution in [0.1, 0.15) is 43.5 Å². The largest absolute Gasteiger partial charge is 0.334 e. The highest BCUT2D eigenvalue weighted by atomic mass is 16.2. The molecule has 6 heteroatoms. The van der Waals surface area contributed by atoms with Gasteiger partial charge in [0.05, 0.1) is 11.9 Å². The van der Waals surface area contributed by atoms with Gasteiger partial charge in [-0.2, -0.15) is 0 Å². The number of nitrogens with zero attached hydrogens (tertiary/aromatic N) is 4. The van der Waals surface area contributed by atoms with Crippen molar-refractivity contribution in [2.75, 3.05) is 13.1 Å². The van der Waals surface area contributed by atoms with Gasteiger partial charge in [0.2, 0.25) is 0 Å². The minimum atomic E-state index is 0.0213. The van der Waals surface area contributed by atoms with Crippen LogP contribution in [-0.4, -0.2) is 44.5 Å². The first-order chi connectivity index (χ1) is 11.1. The van der Waals surface area contributed by atoms with Crippen LogP contribution < -0.4 is 5.73 Å². The van der Waals surface area contributed by atoms with Crippen molar-refractivity contribution in [3.8, 4) is 0 Å². The third kappa shape index (κ3) is 3.22. The zero-order valence-electron chi connectivity index (χ0n) is 13.9. The van der Waals surface area contributed by atoms with Crippen molar-refractivity contribution in [2.45, 2.75) is 45.7 Å². The molecule has 1 aliphatic heterocycles. The Labute approximate surface area is 136 Å². The van der Waals surface area contributed by atoms with E-state index >= 15 is 0 Å². The topological polar surface area (TPSA) is 77.0 Å². The maximum Gasteiger partial charge on any atom is 0.255 e. The molecule has 0 radical (unpaired) electrons. The summed E-state index contributed by atoms with van der Waals surface area (Å²) in [5.41, 5.74) is 8.04. The summed E-state index contributed by atoms with van der Waals surface area (Å²) in [5.74, 6) is 0.544. The van der Waals surface area contributed by atoms with Crippen LogP contribution in [0.4, 0.5) is 0 Å². The molecule has 3 rings (SSSR count). The molecule has 0 saturated carbocycles. The number of carbonyl (C=O) groups excluding carboxylic acids is 1. The van der Waals surface area contributed by atoms with Crippen LogP contribution in [0.25, 0.3) is 11.2 Å². The number of aromatic nitrogens is 3. The van der Waals surface area contributed by atoms with E-state index in [2.05, 4.69) is 23.8 Å². The zero-order chi connectivity index (χ0) is 16.4. The molecule has 124 valence electrons. The van der Waals surface area contributed by atoms with Crippen molar-refractivity contribution in [3.05, 3.63) is 24.2 Å². The number of rotatable bonds is 4. The lowest BCUT2D eigenvalue weighted by molar-refractivity contribution is 0.0623. The van der Waals surface area contributed by atoms with Gasteiger partial charge in [0, 0.05) is 31.9 Å². The number of imidazole rings is 1. The Morgan fingerprint density at radius 2 is 2.22 bits per heavy atom. The fourth-order valence-corrected chi connectivity index (χ4v) is 3.27. The number of hydrogen-bond donors (Lipinski definition) is 1. The van der Waals surface area contributed by atoms with Gasteiger partial charge in [-0.05, 0) is 31.2 Å². The number of carbonyl (C=O) groups is 1. The van der Waals surface area contributed by atoms with Gasteiger partial charge in [0.15, 0.2) is 5.65 Å². The van der Waals surface area contributed by atoms with Crippen LogP contribution in [0.2, 0.25) is 0 Å². The summed E-state index contributed by atoms with van der Waals surface area (Å²) in [6.45, 7) is 6.49. The molecule has 1 unspecified atom stereocenters. The molecule has 0 spiro atoms. The second-order valence-corrected chi connectivity index (χ2v) is 6.74. The summed E-state index contributed by atoms with van der Waals surface area (Å²) in [7, 11) is 0. The lowest BCUT2D eigenvalue weighted by atomic mass is 10.0. The molecule has 0 aromatic carbocycles. The molecule has 2 aromatic rings. The predicted octanol–water partition coefficient (Wildman–Crippen LogP) is 2.04. The Morgan fingerprint density at radius 3 is 2.96 bits per heavy atom. The van der Waals surface area contributed by atoms with Gasteiger partial charge in [-0.1, -0.05) is 13.8 Å². The van der Waals surface area contributed by atoms with Crippen LogP contribution >= 0.6 is 0 Å². The van der Waals surface area contributed by atoms with Gasteiger partial charge in [-0.25, -0.2) is 9.97 Å². The standard InChI is InChI=1S/C17H25N5O/c1-12(2)10-21-11-20-15-7-13(9-19-16(15)21)17(23)22-6-4-3-5-14(22)8-18/h7,9,11-12,14H,3-6,8,10,18H2,1-2H3. The molecule has 0 bridgehead atoms. The predicted molar refractivity (Wildman–Crippen MR) is 90.1 cm³/mol. The summed E-state index contributed by atoms with van der Waals surface area (Å²) in [6.07, 6.45) is 6.64. The van der Waals surface area contributed by atoms with E-state index in [1.54, 1.807) is 12.5 Å². The molecule has 2 aromatic heterocycles. The Kier molecular flexibility index (Phi) is 4.61. The van der Waals surface area contributed by atoms with E-state index in [0.29, 0.717) is 18.0 Å². The van der Waals surface area contributed by atoms with Gasteiger partial charge in [0.25, 0.3) is 5.91 Å². The Morgan fingerprint density at radius 1 is 1.39 bits per heavy atom. The minimum Gasteiger partial charge on any atom is -0.334 e. The van der Waals surface area contributed by atoms with Crippen LogP contribution in [0, 0.1) is 5.92 Å².